The Kier molecular flexibility index (Phi) is 4.55. The molecule has 0 saturated heterocycles. The molecule has 0 amide bonds. The van der Waals surface area contributed by atoms with E-state index >= 15 is 0 Å². The molecule has 2 N–H and O–H groups in total. The Bertz CT molecular complexity index is 403. The minimum absolute atomic E-state index is 0.180. The molecule has 0 fully saturated rings. The number of ether oxygens (including phenoxy) is 2. The van der Waals surface area contributed by atoms with Crippen molar-refractivity contribution < 1.29 is 27.4 Å². The molecule has 100 valence electrons. The fourth-order valence-electron chi connectivity index (χ4n) is 1.32. The number of benzene rings is 1. The number of halogens is 3. The van der Waals surface area contributed by atoms with Crippen molar-refractivity contribution in [3.8, 4) is 5.75 Å². The molecule has 0 aliphatic rings. The van der Waals surface area contributed by atoms with Crippen molar-refractivity contribution in [2.75, 3.05) is 7.11 Å². The maximum Gasteiger partial charge on any atom is 0.573 e. The van der Waals surface area contributed by atoms with Crippen molar-refractivity contribution in [1.29, 1.82) is 0 Å². The van der Waals surface area contributed by atoms with E-state index in [9.17, 15) is 18.0 Å². The van der Waals surface area contributed by atoms with Crippen LogP contribution < -0.4 is 10.5 Å². The maximum absolute atomic E-state index is 11.9. The van der Waals surface area contributed by atoms with Crippen LogP contribution in [-0.2, 0) is 16.0 Å². The van der Waals surface area contributed by atoms with Gasteiger partial charge in [0.1, 0.15) is 11.8 Å². The van der Waals surface area contributed by atoms with Gasteiger partial charge in [0.05, 0.1) is 7.11 Å². The van der Waals surface area contributed by atoms with Crippen molar-refractivity contribution in [3.63, 3.8) is 0 Å². The zero-order valence-corrected chi connectivity index (χ0v) is 9.53. The van der Waals surface area contributed by atoms with E-state index in [1.807, 2.05) is 0 Å². The molecule has 0 spiro atoms. The maximum atomic E-state index is 11.9. The van der Waals surface area contributed by atoms with Crippen molar-refractivity contribution in [2.24, 2.45) is 5.73 Å². The molecule has 0 radical (unpaired) electrons. The van der Waals surface area contributed by atoms with Gasteiger partial charge in [0.2, 0.25) is 0 Å². The third kappa shape index (κ3) is 4.62. The van der Waals surface area contributed by atoms with Crippen molar-refractivity contribution in [1.82, 2.24) is 0 Å². The van der Waals surface area contributed by atoms with Gasteiger partial charge < -0.3 is 15.2 Å². The molecule has 0 heterocycles. The summed E-state index contributed by atoms with van der Waals surface area (Å²) in [7, 11) is 1.21. The van der Waals surface area contributed by atoms with E-state index in [1.165, 1.54) is 19.2 Å². The normalized spacial score (nSPS) is 12.9. The number of carbonyl (C=O) groups excluding carboxylic acids is 1. The number of hydrogen-bond acceptors (Lipinski definition) is 4. The van der Waals surface area contributed by atoms with Crippen LogP contribution in [-0.4, -0.2) is 25.5 Å². The van der Waals surface area contributed by atoms with E-state index < -0.39 is 18.4 Å². The minimum Gasteiger partial charge on any atom is -0.468 e. The molecule has 1 unspecified atom stereocenters. The zero-order chi connectivity index (χ0) is 13.8. The lowest BCUT2D eigenvalue weighted by molar-refractivity contribution is -0.274. The van der Waals surface area contributed by atoms with Gasteiger partial charge in [-0.3, -0.25) is 4.79 Å². The number of methoxy groups -OCH3 is 1. The Balaban J connectivity index is 2.63. The van der Waals surface area contributed by atoms with Gasteiger partial charge in [-0.25, -0.2) is 0 Å². The highest BCUT2D eigenvalue weighted by Crippen LogP contribution is 2.22. The van der Waals surface area contributed by atoms with Crippen LogP contribution in [0.15, 0.2) is 24.3 Å². The molecule has 0 saturated carbocycles. The molecule has 1 aromatic rings. The highest BCUT2D eigenvalue weighted by atomic mass is 19.4. The van der Waals surface area contributed by atoms with Crippen LogP contribution in [0.1, 0.15) is 5.56 Å². The molecule has 18 heavy (non-hydrogen) atoms. The van der Waals surface area contributed by atoms with Crippen LogP contribution in [0.5, 0.6) is 5.75 Å². The van der Waals surface area contributed by atoms with Crippen molar-refractivity contribution in [2.45, 2.75) is 18.8 Å². The summed E-state index contributed by atoms with van der Waals surface area (Å²) in [5.74, 6) is -0.900. The predicted molar refractivity (Wildman–Crippen MR) is 56.8 cm³/mol. The van der Waals surface area contributed by atoms with Gasteiger partial charge in [-0.05, 0) is 24.1 Å². The first-order valence-corrected chi connectivity index (χ1v) is 5.00. The molecule has 0 aromatic heterocycles. The monoisotopic (exact) mass is 263 g/mol. The molecular formula is C11H12F3NO3. The van der Waals surface area contributed by atoms with Gasteiger partial charge in [0.25, 0.3) is 0 Å². The number of nitrogens with two attached hydrogens (primary N) is 1. The summed E-state index contributed by atoms with van der Waals surface area (Å²) < 4.78 is 43.8. The number of alkyl halides is 3. The van der Waals surface area contributed by atoms with Gasteiger partial charge in [0, 0.05) is 0 Å². The molecule has 0 aliphatic carbocycles. The summed E-state index contributed by atoms with van der Waals surface area (Å²) in [5.41, 5.74) is 6.13. The average molecular weight is 263 g/mol. The van der Waals surface area contributed by atoms with Gasteiger partial charge in [-0.1, -0.05) is 12.1 Å². The number of rotatable bonds is 4. The van der Waals surface area contributed by atoms with E-state index in [2.05, 4.69) is 9.47 Å². The average Bonchev–Trinajstić information content (AvgIpc) is 2.28. The van der Waals surface area contributed by atoms with E-state index in [0.29, 0.717) is 5.56 Å². The molecule has 0 aliphatic heterocycles. The molecule has 0 bridgehead atoms. The lowest BCUT2D eigenvalue weighted by Gasteiger charge is -2.11. The van der Waals surface area contributed by atoms with Crippen molar-refractivity contribution >= 4 is 5.97 Å². The Morgan fingerprint density at radius 1 is 1.33 bits per heavy atom. The van der Waals surface area contributed by atoms with Crippen LogP contribution in [0.25, 0.3) is 0 Å². The third-order valence-electron chi connectivity index (χ3n) is 2.12. The number of esters is 1. The fourth-order valence-corrected chi connectivity index (χ4v) is 1.32. The third-order valence-corrected chi connectivity index (χ3v) is 2.12. The molecule has 1 atom stereocenters. The predicted octanol–water partition coefficient (Wildman–Crippen LogP) is 1.63. The second-order valence-electron chi connectivity index (χ2n) is 3.53. The van der Waals surface area contributed by atoms with Crippen LogP contribution >= 0.6 is 0 Å². The molecule has 7 heteroatoms. The van der Waals surface area contributed by atoms with Gasteiger partial charge in [-0.2, -0.15) is 0 Å². The SMILES string of the molecule is COC(=O)C(N)Cc1ccc(OC(F)(F)F)cc1. The summed E-state index contributed by atoms with van der Waals surface area (Å²) >= 11 is 0. The first-order chi connectivity index (χ1) is 8.31. The molecular weight excluding hydrogens is 251 g/mol. The largest absolute Gasteiger partial charge is 0.573 e. The Hall–Kier alpha value is -1.76. The van der Waals surface area contributed by atoms with Crippen molar-refractivity contribution in [3.05, 3.63) is 29.8 Å². The standard InChI is InChI=1S/C11H12F3NO3/c1-17-10(16)9(15)6-7-2-4-8(5-3-7)18-11(12,13)14/h2-5,9H,6,15H2,1H3. The fraction of sp³-hybridized carbons (Fsp3) is 0.364. The Labute approximate surface area is 101 Å². The lowest BCUT2D eigenvalue weighted by Crippen LogP contribution is -2.33. The molecule has 1 rings (SSSR count). The Morgan fingerprint density at radius 3 is 2.33 bits per heavy atom. The number of hydrogen-bond donors (Lipinski definition) is 1. The van der Waals surface area contributed by atoms with E-state index in [-0.39, 0.29) is 12.2 Å². The quantitative estimate of drug-likeness (QED) is 0.839. The highest BCUT2D eigenvalue weighted by molar-refractivity contribution is 5.75. The van der Waals surface area contributed by atoms with Crippen LogP contribution in [0.4, 0.5) is 13.2 Å². The van der Waals surface area contributed by atoms with Crippen LogP contribution in [0.2, 0.25) is 0 Å². The van der Waals surface area contributed by atoms with Gasteiger partial charge >= 0.3 is 12.3 Å². The van der Waals surface area contributed by atoms with Gasteiger partial charge in [0.15, 0.2) is 0 Å². The summed E-state index contributed by atoms with van der Waals surface area (Å²) in [6.45, 7) is 0. The number of carbonyl (C=O) groups is 1. The second-order valence-corrected chi connectivity index (χ2v) is 3.53. The second kappa shape index (κ2) is 5.72. The van der Waals surface area contributed by atoms with Crippen LogP contribution in [0.3, 0.4) is 0 Å². The first-order valence-electron chi connectivity index (χ1n) is 5.00. The smallest absolute Gasteiger partial charge is 0.468 e. The topological polar surface area (TPSA) is 61.5 Å². The van der Waals surface area contributed by atoms with Crippen LogP contribution in [0, 0.1) is 0 Å². The summed E-state index contributed by atoms with van der Waals surface area (Å²) in [5, 5.41) is 0. The summed E-state index contributed by atoms with van der Waals surface area (Å²) in [6.07, 6.45) is -4.54. The summed E-state index contributed by atoms with van der Waals surface area (Å²) in [4.78, 5) is 11.1. The molecule has 1 aromatic carbocycles. The van der Waals surface area contributed by atoms with E-state index in [0.717, 1.165) is 12.1 Å². The highest BCUT2D eigenvalue weighted by Gasteiger charge is 2.30. The zero-order valence-electron chi connectivity index (χ0n) is 9.53. The van der Waals surface area contributed by atoms with E-state index in [1.54, 1.807) is 0 Å². The van der Waals surface area contributed by atoms with Gasteiger partial charge in [-0.15, -0.1) is 13.2 Å². The van der Waals surface area contributed by atoms with E-state index in [4.69, 9.17) is 5.73 Å². The Morgan fingerprint density at radius 2 is 1.89 bits per heavy atom. The first kappa shape index (κ1) is 14.3. The lowest BCUT2D eigenvalue weighted by atomic mass is 10.1. The molecule has 4 nitrogen and oxygen atoms in total. The summed E-state index contributed by atoms with van der Waals surface area (Å²) in [6, 6.07) is 4.29. The minimum atomic E-state index is -4.72.